The molecule has 232 valence electrons. The molecule has 2 amide bonds. The van der Waals surface area contributed by atoms with Crippen LogP contribution < -0.4 is 11.1 Å². The van der Waals surface area contributed by atoms with Crippen LogP contribution in [-0.4, -0.2) is 43.5 Å². The Labute approximate surface area is 241 Å². The fourth-order valence-electron chi connectivity index (χ4n) is 5.69. The maximum Gasteiger partial charge on any atom is 0.389 e. The van der Waals surface area contributed by atoms with Gasteiger partial charge in [-0.2, -0.15) is 18.3 Å². The lowest BCUT2D eigenvalue weighted by atomic mass is 9.75. The van der Waals surface area contributed by atoms with Crippen molar-refractivity contribution >= 4 is 17.5 Å². The Balaban J connectivity index is 1.50. The van der Waals surface area contributed by atoms with Gasteiger partial charge in [0.2, 0.25) is 11.8 Å². The Morgan fingerprint density at radius 1 is 1.05 bits per heavy atom. The molecule has 2 aliphatic carbocycles. The first-order chi connectivity index (χ1) is 20.2. The van der Waals surface area contributed by atoms with E-state index >= 15 is 0 Å². The summed E-state index contributed by atoms with van der Waals surface area (Å²) in [4.78, 5) is 33.4. The largest absolute Gasteiger partial charge is 0.389 e. The number of nitrogens with two attached hydrogens (primary N) is 1. The van der Waals surface area contributed by atoms with Crippen molar-refractivity contribution in [2.24, 2.45) is 17.6 Å². The van der Waals surface area contributed by atoms with Crippen LogP contribution in [0, 0.1) is 11.8 Å². The zero-order chi connectivity index (χ0) is 31.1. The summed E-state index contributed by atoms with van der Waals surface area (Å²) in [6.07, 6.45) is -4.63. The van der Waals surface area contributed by atoms with Crippen molar-refractivity contribution in [1.82, 2.24) is 24.9 Å². The molecule has 3 N–H and O–H groups in total. The Hall–Kier alpha value is -3.78. The summed E-state index contributed by atoms with van der Waals surface area (Å²) < 4.78 is 94.2. The summed E-state index contributed by atoms with van der Waals surface area (Å²) in [5, 5.41) is 7.03. The zero-order valence-corrected chi connectivity index (χ0v) is 22.8. The number of imidazole rings is 1. The van der Waals surface area contributed by atoms with Crippen LogP contribution in [0.5, 0.6) is 0 Å². The van der Waals surface area contributed by atoms with E-state index in [1.54, 1.807) is 6.07 Å². The Kier molecular flexibility index (Phi) is 8.36. The van der Waals surface area contributed by atoms with Crippen molar-refractivity contribution < 1.29 is 40.3 Å². The SMILES string of the molecule is NC(=O)c1cc(C(F)F)cnc1[C@@H](c1cn2ncc([C@H](NC(=O)CCC(F)(F)F)C3CC3)cc2n1)C1CCC(F)(F)CC1. The first-order valence-corrected chi connectivity index (χ1v) is 13.9. The molecule has 0 radical (unpaired) electrons. The van der Waals surface area contributed by atoms with E-state index in [0.29, 0.717) is 16.9 Å². The summed E-state index contributed by atoms with van der Waals surface area (Å²) >= 11 is 0. The van der Waals surface area contributed by atoms with E-state index in [9.17, 15) is 40.3 Å². The van der Waals surface area contributed by atoms with Crippen LogP contribution in [-0.2, 0) is 4.79 Å². The number of fused-ring (bicyclic) bond motifs is 1. The van der Waals surface area contributed by atoms with Crippen molar-refractivity contribution in [2.75, 3.05) is 0 Å². The van der Waals surface area contributed by atoms with E-state index in [-0.39, 0.29) is 30.0 Å². The Morgan fingerprint density at radius 2 is 1.74 bits per heavy atom. The van der Waals surface area contributed by atoms with Gasteiger partial charge in [0.15, 0.2) is 5.65 Å². The molecule has 0 saturated heterocycles. The molecule has 3 aromatic heterocycles. The number of hydrogen-bond donors (Lipinski definition) is 2. The van der Waals surface area contributed by atoms with Gasteiger partial charge in [-0.05, 0) is 55.2 Å². The maximum absolute atomic E-state index is 14.1. The molecule has 5 rings (SSSR count). The predicted molar refractivity (Wildman–Crippen MR) is 138 cm³/mol. The quantitative estimate of drug-likeness (QED) is 0.271. The van der Waals surface area contributed by atoms with Gasteiger partial charge in [-0.3, -0.25) is 14.6 Å². The predicted octanol–water partition coefficient (Wildman–Crippen LogP) is 6.03. The van der Waals surface area contributed by atoms with Gasteiger partial charge in [0.25, 0.3) is 12.3 Å². The average Bonchev–Trinajstić information content (AvgIpc) is 3.69. The number of alkyl halides is 7. The molecular formula is C28H29F7N6O2. The van der Waals surface area contributed by atoms with Gasteiger partial charge in [-0.25, -0.2) is 27.1 Å². The first kappa shape index (κ1) is 30.7. The number of rotatable bonds is 10. The summed E-state index contributed by atoms with van der Waals surface area (Å²) in [5.74, 6) is -5.92. The van der Waals surface area contributed by atoms with Crippen molar-refractivity contribution in [3.63, 3.8) is 0 Å². The fraction of sp³-hybridized carbons (Fsp3) is 0.536. The van der Waals surface area contributed by atoms with Crippen LogP contribution in [0.1, 0.15) is 103 Å². The molecule has 0 bridgehead atoms. The monoisotopic (exact) mass is 614 g/mol. The summed E-state index contributed by atoms with van der Waals surface area (Å²) in [6, 6.07) is 1.99. The van der Waals surface area contributed by atoms with Gasteiger partial charge in [-0.1, -0.05) is 0 Å². The number of hydrogen-bond acceptors (Lipinski definition) is 5. The number of halogens is 7. The number of amides is 2. The molecular weight excluding hydrogens is 585 g/mol. The highest BCUT2D eigenvalue weighted by Crippen LogP contribution is 2.46. The number of nitrogens with one attached hydrogen (secondary N) is 1. The Morgan fingerprint density at radius 3 is 2.35 bits per heavy atom. The molecule has 2 atom stereocenters. The van der Waals surface area contributed by atoms with E-state index in [2.05, 4.69) is 20.4 Å². The molecule has 2 saturated carbocycles. The summed E-state index contributed by atoms with van der Waals surface area (Å²) in [7, 11) is 0. The number of carbonyl (C=O) groups is 2. The molecule has 0 spiro atoms. The first-order valence-electron chi connectivity index (χ1n) is 13.9. The molecule has 0 aromatic carbocycles. The fourth-order valence-corrected chi connectivity index (χ4v) is 5.69. The average molecular weight is 615 g/mol. The van der Waals surface area contributed by atoms with E-state index < -0.39 is 79.5 Å². The van der Waals surface area contributed by atoms with Crippen LogP contribution in [0.25, 0.3) is 5.65 Å². The molecule has 3 aromatic rings. The Bertz CT molecular complexity index is 1490. The number of pyridine rings is 1. The van der Waals surface area contributed by atoms with E-state index in [4.69, 9.17) is 5.73 Å². The lowest BCUT2D eigenvalue weighted by molar-refractivity contribution is -0.144. The standard InChI is InChI=1S/C28H29F7N6O2/c29-25(30)17-9-18(26(36)43)24(37-11-17)22(14-3-6-27(31,32)7-4-14)19-13-41-20(39-19)10-16(12-38-41)23(15-1-2-15)40-21(42)5-8-28(33,34)35/h9-15,22-23,25H,1-8H2,(H2,36,43)(H,40,42)/t22-,23-/m1/s1. The number of aromatic nitrogens is 4. The minimum Gasteiger partial charge on any atom is -0.366 e. The third-order valence-corrected chi connectivity index (χ3v) is 8.07. The summed E-state index contributed by atoms with van der Waals surface area (Å²) in [5.41, 5.74) is 5.93. The van der Waals surface area contributed by atoms with Crippen LogP contribution >= 0.6 is 0 Å². The van der Waals surface area contributed by atoms with Crippen molar-refractivity contribution in [1.29, 1.82) is 0 Å². The second kappa shape index (κ2) is 11.7. The van der Waals surface area contributed by atoms with Gasteiger partial charge in [0, 0.05) is 36.9 Å². The van der Waals surface area contributed by atoms with Gasteiger partial charge >= 0.3 is 6.18 Å². The molecule has 2 fully saturated rings. The van der Waals surface area contributed by atoms with Gasteiger partial charge in [0.1, 0.15) is 0 Å². The zero-order valence-electron chi connectivity index (χ0n) is 22.8. The van der Waals surface area contributed by atoms with E-state index in [0.717, 1.165) is 25.1 Å². The van der Waals surface area contributed by atoms with Gasteiger partial charge < -0.3 is 11.1 Å². The molecule has 3 heterocycles. The highest BCUT2D eigenvalue weighted by atomic mass is 19.4. The second-order valence-electron chi connectivity index (χ2n) is 11.3. The van der Waals surface area contributed by atoms with Crippen molar-refractivity contribution in [2.45, 2.75) is 81.9 Å². The molecule has 2 aliphatic rings. The molecule has 43 heavy (non-hydrogen) atoms. The third-order valence-electron chi connectivity index (χ3n) is 8.07. The van der Waals surface area contributed by atoms with Crippen LogP contribution in [0.15, 0.2) is 30.7 Å². The summed E-state index contributed by atoms with van der Waals surface area (Å²) in [6.45, 7) is 0. The number of carbonyl (C=O) groups excluding carboxylic acids is 2. The highest BCUT2D eigenvalue weighted by molar-refractivity contribution is 5.94. The third kappa shape index (κ3) is 7.24. The van der Waals surface area contributed by atoms with Gasteiger partial charge in [0.05, 0.1) is 41.8 Å². The van der Waals surface area contributed by atoms with Crippen molar-refractivity contribution in [3.05, 3.63) is 58.8 Å². The highest BCUT2D eigenvalue weighted by Gasteiger charge is 2.41. The lowest BCUT2D eigenvalue weighted by Crippen LogP contribution is -2.30. The molecule has 15 heteroatoms. The van der Waals surface area contributed by atoms with Gasteiger partial charge in [-0.15, -0.1) is 0 Å². The lowest BCUT2D eigenvalue weighted by Gasteiger charge is -2.33. The minimum absolute atomic E-state index is 0.0147. The normalized spacial score (nSPS) is 19.0. The second-order valence-corrected chi connectivity index (χ2v) is 11.3. The minimum atomic E-state index is -4.47. The molecule has 0 unspecified atom stereocenters. The molecule has 0 aliphatic heterocycles. The van der Waals surface area contributed by atoms with E-state index in [1.807, 2.05) is 0 Å². The molecule has 8 nitrogen and oxygen atoms in total. The van der Waals surface area contributed by atoms with Crippen LogP contribution in [0.2, 0.25) is 0 Å². The van der Waals surface area contributed by atoms with Crippen LogP contribution in [0.4, 0.5) is 30.7 Å². The number of nitrogens with zero attached hydrogens (tertiary/aromatic N) is 4. The maximum atomic E-state index is 14.1. The number of primary amides is 1. The van der Waals surface area contributed by atoms with E-state index in [1.165, 1.54) is 16.9 Å². The topological polar surface area (TPSA) is 115 Å². The smallest absolute Gasteiger partial charge is 0.366 e. The van der Waals surface area contributed by atoms with Crippen molar-refractivity contribution in [3.8, 4) is 0 Å². The van der Waals surface area contributed by atoms with Crippen LogP contribution in [0.3, 0.4) is 0 Å².